The van der Waals surface area contributed by atoms with Crippen molar-refractivity contribution < 1.29 is 29.1 Å². The van der Waals surface area contributed by atoms with Crippen LogP contribution in [0.5, 0.6) is 11.5 Å². The highest BCUT2D eigenvalue weighted by molar-refractivity contribution is 6.01. The van der Waals surface area contributed by atoms with Gasteiger partial charge in [-0.15, -0.1) is 0 Å². The number of aromatic hydroxyl groups is 1. The number of nitrogens with zero attached hydrogens (tertiary/aromatic N) is 3. The number of nitriles is 1. The Morgan fingerprint density at radius 2 is 1.97 bits per heavy atom. The van der Waals surface area contributed by atoms with Crippen LogP contribution >= 0.6 is 0 Å². The number of nitro benzene ring substituents is 1. The number of likely N-dealkylation sites (N-methyl/N-ethyl adjacent to an activating group) is 1. The third kappa shape index (κ3) is 6.48. The van der Waals surface area contributed by atoms with Crippen molar-refractivity contribution in [2.75, 3.05) is 13.1 Å². The average molecular weight is 419 g/mol. The van der Waals surface area contributed by atoms with Gasteiger partial charge in [0.1, 0.15) is 17.7 Å². The molecule has 0 bridgehead atoms. The zero-order valence-corrected chi connectivity index (χ0v) is 17.4. The molecule has 30 heavy (non-hydrogen) atoms. The molecule has 1 rings (SSSR count). The minimum atomic E-state index is -1.14. The van der Waals surface area contributed by atoms with Crippen LogP contribution in [0.1, 0.15) is 46.1 Å². The van der Waals surface area contributed by atoms with E-state index < -0.39 is 40.3 Å². The molecule has 1 aromatic carbocycles. The molecule has 1 amide bonds. The molecule has 162 valence electrons. The molecule has 0 fully saturated rings. The van der Waals surface area contributed by atoms with Crippen LogP contribution in [0.25, 0.3) is 6.08 Å². The molecule has 0 radical (unpaired) electrons. The van der Waals surface area contributed by atoms with Gasteiger partial charge in [-0.25, -0.2) is 4.79 Å². The van der Waals surface area contributed by atoms with Gasteiger partial charge in [0, 0.05) is 19.2 Å². The van der Waals surface area contributed by atoms with E-state index in [1.54, 1.807) is 26.8 Å². The molecular formula is C20H25N3O7. The van der Waals surface area contributed by atoms with E-state index in [9.17, 15) is 30.1 Å². The molecule has 0 aliphatic rings. The van der Waals surface area contributed by atoms with Crippen LogP contribution in [-0.2, 0) is 9.53 Å². The number of carbonyl (C=O) groups is 2. The third-order valence-electron chi connectivity index (χ3n) is 4.17. The van der Waals surface area contributed by atoms with Crippen molar-refractivity contribution >= 4 is 23.8 Å². The molecule has 0 saturated carbocycles. The molecule has 0 spiro atoms. The molecule has 1 N–H and O–H groups in total. The lowest BCUT2D eigenvalue weighted by molar-refractivity contribution is -0.385. The summed E-state index contributed by atoms with van der Waals surface area (Å²) in [5, 5.41) is 30.7. The normalized spacial score (nSPS) is 11.9. The Morgan fingerprint density at radius 1 is 1.33 bits per heavy atom. The maximum absolute atomic E-state index is 12.4. The van der Waals surface area contributed by atoms with Crippen molar-refractivity contribution in [2.45, 2.75) is 46.6 Å². The second-order valence-corrected chi connectivity index (χ2v) is 6.36. The predicted molar refractivity (Wildman–Crippen MR) is 108 cm³/mol. The fourth-order valence-corrected chi connectivity index (χ4v) is 2.65. The lowest BCUT2D eigenvalue weighted by atomic mass is 10.1. The van der Waals surface area contributed by atoms with Gasteiger partial charge in [-0.05, 0) is 44.9 Å². The van der Waals surface area contributed by atoms with E-state index in [1.165, 1.54) is 4.90 Å². The SMILES string of the molecule is CCCC(C)OC(=O)Oc1cc(C=C(C#N)C(=O)N(CC)CC)cc([N+](=O)[O-])c1O. The molecule has 10 heteroatoms. The van der Waals surface area contributed by atoms with E-state index in [1.807, 2.05) is 6.92 Å². The summed E-state index contributed by atoms with van der Waals surface area (Å²) in [4.78, 5) is 36.2. The smallest absolute Gasteiger partial charge is 0.499 e. The van der Waals surface area contributed by atoms with Crippen LogP contribution in [0.3, 0.4) is 0 Å². The molecule has 0 saturated heterocycles. The lowest BCUT2D eigenvalue weighted by Gasteiger charge is -2.17. The Bertz CT molecular complexity index is 870. The number of phenolic OH excluding ortho intramolecular Hbond substituents is 1. The zero-order chi connectivity index (χ0) is 22.8. The van der Waals surface area contributed by atoms with Crippen molar-refractivity contribution in [3.05, 3.63) is 33.4 Å². The number of benzene rings is 1. The van der Waals surface area contributed by atoms with Crippen LogP contribution < -0.4 is 4.74 Å². The van der Waals surface area contributed by atoms with E-state index in [2.05, 4.69) is 0 Å². The van der Waals surface area contributed by atoms with Gasteiger partial charge in [-0.2, -0.15) is 5.26 Å². The van der Waals surface area contributed by atoms with Gasteiger partial charge in [0.2, 0.25) is 5.75 Å². The summed E-state index contributed by atoms with van der Waals surface area (Å²) in [6.07, 6.45) is 0.901. The average Bonchev–Trinajstić information content (AvgIpc) is 2.68. The molecule has 0 aromatic heterocycles. The number of ether oxygens (including phenoxy) is 2. The van der Waals surface area contributed by atoms with E-state index in [0.29, 0.717) is 19.5 Å². The number of phenols is 1. The first-order valence-electron chi connectivity index (χ1n) is 9.49. The van der Waals surface area contributed by atoms with Gasteiger partial charge in [-0.3, -0.25) is 14.9 Å². The van der Waals surface area contributed by atoms with E-state index in [-0.39, 0.29) is 11.1 Å². The van der Waals surface area contributed by atoms with Crippen molar-refractivity contribution in [3.8, 4) is 17.6 Å². The molecular weight excluding hydrogens is 394 g/mol. The maximum Gasteiger partial charge on any atom is 0.514 e. The number of carbonyl (C=O) groups excluding carboxylic acids is 2. The molecule has 0 aliphatic heterocycles. The van der Waals surface area contributed by atoms with Crippen molar-refractivity contribution in [1.29, 1.82) is 5.26 Å². The van der Waals surface area contributed by atoms with Gasteiger partial charge in [0.25, 0.3) is 5.91 Å². The van der Waals surface area contributed by atoms with Gasteiger partial charge >= 0.3 is 11.8 Å². The number of rotatable bonds is 9. The molecule has 1 aromatic rings. The van der Waals surface area contributed by atoms with E-state index in [4.69, 9.17) is 9.47 Å². The molecule has 0 heterocycles. The van der Waals surface area contributed by atoms with Crippen LogP contribution in [-0.4, -0.2) is 46.2 Å². The lowest BCUT2D eigenvalue weighted by Crippen LogP contribution is -2.31. The highest BCUT2D eigenvalue weighted by Gasteiger charge is 2.24. The molecule has 1 unspecified atom stereocenters. The van der Waals surface area contributed by atoms with Crippen molar-refractivity contribution in [3.63, 3.8) is 0 Å². The highest BCUT2D eigenvalue weighted by Crippen LogP contribution is 2.38. The number of hydrogen-bond donors (Lipinski definition) is 1. The van der Waals surface area contributed by atoms with E-state index in [0.717, 1.165) is 24.6 Å². The first kappa shape index (κ1) is 24.4. The topological polar surface area (TPSA) is 143 Å². The largest absolute Gasteiger partial charge is 0.514 e. The van der Waals surface area contributed by atoms with Gasteiger partial charge in [-0.1, -0.05) is 13.3 Å². The zero-order valence-electron chi connectivity index (χ0n) is 17.4. The number of nitro groups is 1. The first-order valence-corrected chi connectivity index (χ1v) is 9.49. The summed E-state index contributed by atoms with van der Waals surface area (Å²) in [5.74, 6) is -1.93. The van der Waals surface area contributed by atoms with Crippen LogP contribution in [0.4, 0.5) is 10.5 Å². The Balaban J connectivity index is 3.34. The minimum absolute atomic E-state index is 0.0287. The van der Waals surface area contributed by atoms with Crippen LogP contribution in [0.2, 0.25) is 0 Å². The Hall–Kier alpha value is -3.61. The monoisotopic (exact) mass is 419 g/mol. The van der Waals surface area contributed by atoms with Gasteiger partial charge in [0.05, 0.1) is 4.92 Å². The number of hydrogen-bond acceptors (Lipinski definition) is 8. The fourth-order valence-electron chi connectivity index (χ4n) is 2.65. The summed E-state index contributed by atoms with van der Waals surface area (Å²) in [6.45, 7) is 7.81. The Labute approximate surface area is 174 Å². The standard InChI is InChI=1S/C20H25N3O7/c1-5-8-13(4)29-20(26)30-17-11-14(10-16(18(17)24)23(27)28)9-15(12-21)19(25)22(6-2)7-3/h9-11,13,24H,5-8H2,1-4H3. The summed E-state index contributed by atoms with van der Waals surface area (Å²) in [7, 11) is 0. The summed E-state index contributed by atoms with van der Waals surface area (Å²) >= 11 is 0. The van der Waals surface area contributed by atoms with Crippen LogP contribution in [0, 0.1) is 21.4 Å². The van der Waals surface area contributed by atoms with Gasteiger partial charge < -0.3 is 19.5 Å². The minimum Gasteiger partial charge on any atom is -0.499 e. The summed E-state index contributed by atoms with van der Waals surface area (Å²) < 4.78 is 9.96. The third-order valence-corrected chi connectivity index (χ3v) is 4.17. The highest BCUT2D eigenvalue weighted by atomic mass is 16.7. The Morgan fingerprint density at radius 3 is 2.47 bits per heavy atom. The molecule has 1 atom stereocenters. The maximum atomic E-state index is 12.4. The predicted octanol–water partition coefficient (Wildman–Crippen LogP) is 3.78. The van der Waals surface area contributed by atoms with E-state index >= 15 is 0 Å². The number of amides is 1. The van der Waals surface area contributed by atoms with Gasteiger partial charge in [0.15, 0.2) is 5.75 Å². The summed E-state index contributed by atoms with van der Waals surface area (Å²) in [6, 6.07) is 3.85. The fraction of sp³-hybridized carbons (Fsp3) is 0.450. The summed E-state index contributed by atoms with van der Waals surface area (Å²) in [5.41, 5.74) is -0.981. The second kappa shape index (κ2) is 11.4. The molecule has 0 aliphatic carbocycles. The first-order chi connectivity index (χ1) is 14.2. The molecule has 10 nitrogen and oxygen atoms in total. The van der Waals surface area contributed by atoms with Crippen molar-refractivity contribution in [1.82, 2.24) is 4.90 Å². The quantitative estimate of drug-likeness (QED) is 0.159. The second-order valence-electron chi connectivity index (χ2n) is 6.36. The van der Waals surface area contributed by atoms with Crippen LogP contribution in [0.15, 0.2) is 17.7 Å². The van der Waals surface area contributed by atoms with Crippen molar-refractivity contribution in [2.24, 2.45) is 0 Å². The Kier molecular flexibility index (Phi) is 9.29.